The summed E-state index contributed by atoms with van der Waals surface area (Å²) in [4.78, 5) is 14.9. The largest absolute Gasteiger partial charge is 0.495 e. The van der Waals surface area contributed by atoms with Crippen molar-refractivity contribution < 1.29 is 13.2 Å². The monoisotopic (exact) mass is 392 g/mol. The molecule has 2 N–H and O–H groups in total. The minimum Gasteiger partial charge on any atom is -0.495 e. The Kier molecular flexibility index (Phi) is 5.04. The van der Waals surface area contributed by atoms with Gasteiger partial charge >= 0.3 is 0 Å². The first-order valence-corrected chi connectivity index (χ1v) is 9.62. The molecule has 3 rings (SSSR count). The molecule has 0 saturated carbocycles. The SMILES string of the molecule is COc1ccc(Cl)cc1S(=O)(=O)NCc1cc2ccc(C)cc2[nH]c1=O. The second-order valence-corrected chi connectivity index (χ2v) is 8.01. The van der Waals surface area contributed by atoms with Crippen LogP contribution in [0.15, 0.2) is 52.2 Å². The highest BCUT2D eigenvalue weighted by Gasteiger charge is 2.20. The Labute approximate surface area is 155 Å². The highest BCUT2D eigenvalue weighted by atomic mass is 35.5. The summed E-state index contributed by atoms with van der Waals surface area (Å²) >= 11 is 5.90. The fourth-order valence-corrected chi connectivity index (χ4v) is 4.04. The summed E-state index contributed by atoms with van der Waals surface area (Å²) in [5, 5.41) is 1.09. The van der Waals surface area contributed by atoms with Crippen LogP contribution in [-0.2, 0) is 16.6 Å². The third-order valence-electron chi connectivity index (χ3n) is 3.95. The van der Waals surface area contributed by atoms with E-state index in [1.54, 1.807) is 6.07 Å². The number of ether oxygens (including phenoxy) is 1. The van der Waals surface area contributed by atoms with E-state index in [-0.39, 0.29) is 27.8 Å². The summed E-state index contributed by atoms with van der Waals surface area (Å²) < 4.78 is 32.7. The molecule has 26 heavy (non-hydrogen) atoms. The number of aromatic nitrogens is 1. The van der Waals surface area contributed by atoms with Gasteiger partial charge in [-0.15, -0.1) is 0 Å². The first kappa shape index (κ1) is 18.4. The number of methoxy groups -OCH3 is 1. The summed E-state index contributed by atoms with van der Waals surface area (Å²) in [6.07, 6.45) is 0. The standard InChI is InChI=1S/C18H17ClN2O4S/c1-11-3-4-12-8-13(18(22)21-15(12)7-11)10-20-26(23,24)17-9-14(19)5-6-16(17)25-2/h3-9,20H,10H2,1-2H3,(H,21,22). The molecular weight excluding hydrogens is 376 g/mol. The lowest BCUT2D eigenvalue weighted by molar-refractivity contribution is 0.402. The number of benzene rings is 2. The van der Waals surface area contributed by atoms with E-state index in [0.29, 0.717) is 11.1 Å². The van der Waals surface area contributed by atoms with E-state index in [9.17, 15) is 13.2 Å². The number of fused-ring (bicyclic) bond motifs is 1. The summed E-state index contributed by atoms with van der Waals surface area (Å²) in [7, 11) is -2.54. The predicted octanol–water partition coefficient (Wildman–Crippen LogP) is 2.98. The van der Waals surface area contributed by atoms with E-state index in [2.05, 4.69) is 9.71 Å². The molecule has 136 valence electrons. The van der Waals surface area contributed by atoms with E-state index in [1.807, 2.05) is 25.1 Å². The van der Waals surface area contributed by atoms with E-state index < -0.39 is 10.0 Å². The van der Waals surface area contributed by atoms with Crippen LogP contribution in [0.3, 0.4) is 0 Å². The number of hydrogen-bond donors (Lipinski definition) is 2. The van der Waals surface area contributed by atoms with Crippen LogP contribution in [0.1, 0.15) is 11.1 Å². The average molecular weight is 393 g/mol. The second-order valence-electron chi connectivity index (χ2n) is 5.83. The molecule has 0 unspecified atom stereocenters. The van der Waals surface area contributed by atoms with Crippen molar-refractivity contribution >= 4 is 32.5 Å². The Balaban J connectivity index is 1.92. The molecule has 0 bridgehead atoms. The molecule has 8 heteroatoms. The van der Waals surface area contributed by atoms with Crippen molar-refractivity contribution in [3.63, 3.8) is 0 Å². The zero-order valence-electron chi connectivity index (χ0n) is 14.2. The number of nitrogens with one attached hydrogen (secondary N) is 2. The molecule has 0 amide bonds. The quantitative estimate of drug-likeness (QED) is 0.698. The van der Waals surface area contributed by atoms with Crippen molar-refractivity contribution in [1.82, 2.24) is 9.71 Å². The van der Waals surface area contributed by atoms with Gasteiger partial charge < -0.3 is 9.72 Å². The molecule has 0 saturated heterocycles. The maximum Gasteiger partial charge on any atom is 0.252 e. The number of rotatable bonds is 5. The zero-order valence-corrected chi connectivity index (χ0v) is 15.7. The Morgan fingerprint density at radius 3 is 2.65 bits per heavy atom. The Bertz CT molecular complexity index is 1140. The van der Waals surface area contributed by atoms with Crippen molar-refractivity contribution in [3.8, 4) is 5.75 Å². The molecule has 0 radical (unpaired) electrons. The van der Waals surface area contributed by atoms with Gasteiger partial charge in [0.15, 0.2) is 0 Å². The molecule has 2 aromatic carbocycles. The third-order valence-corrected chi connectivity index (χ3v) is 5.60. The molecule has 0 aliphatic heterocycles. The van der Waals surface area contributed by atoms with Gasteiger partial charge in [0, 0.05) is 22.6 Å². The first-order chi connectivity index (χ1) is 12.3. The summed E-state index contributed by atoms with van der Waals surface area (Å²) in [5.41, 5.74) is 1.70. The minimum absolute atomic E-state index is 0.0830. The van der Waals surface area contributed by atoms with Gasteiger partial charge in [-0.05, 0) is 48.2 Å². The predicted molar refractivity (Wildman–Crippen MR) is 101 cm³/mol. The van der Waals surface area contributed by atoms with Crippen LogP contribution in [0, 0.1) is 6.92 Å². The fraction of sp³-hybridized carbons (Fsp3) is 0.167. The van der Waals surface area contributed by atoms with Crippen LogP contribution in [0.5, 0.6) is 5.75 Å². The van der Waals surface area contributed by atoms with Crippen LogP contribution >= 0.6 is 11.6 Å². The number of hydrogen-bond acceptors (Lipinski definition) is 4. The van der Waals surface area contributed by atoms with E-state index >= 15 is 0 Å². The van der Waals surface area contributed by atoms with Crippen molar-refractivity contribution in [2.45, 2.75) is 18.4 Å². The third kappa shape index (κ3) is 3.75. The van der Waals surface area contributed by atoms with E-state index in [4.69, 9.17) is 16.3 Å². The molecule has 1 heterocycles. The topological polar surface area (TPSA) is 88.3 Å². The molecule has 0 spiro atoms. The highest BCUT2D eigenvalue weighted by molar-refractivity contribution is 7.89. The van der Waals surface area contributed by atoms with Gasteiger partial charge in [-0.3, -0.25) is 4.79 Å². The van der Waals surface area contributed by atoms with Gasteiger partial charge in [0.25, 0.3) is 5.56 Å². The van der Waals surface area contributed by atoms with Gasteiger partial charge in [-0.25, -0.2) is 13.1 Å². The second kappa shape index (κ2) is 7.11. The number of halogens is 1. The maximum absolute atomic E-state index is 12.6. The lowest BCUT2D eigenvalue weighted by atomic mass is 10.1. The van der Waals surface area contributed by atoms with Crippen LogP contribution in [-0.4, -0.2) is 20.5 Å². The average Bonchev–Trinajstić information content (AvgIpc) is 2.60. The van der Waals surface area contributed by atoms with Gasteiger partial charge in [0.05, 0.1) is 7.11 Å². The smallest absolute Gasteiger partial charge is 0.252 e. The molecule has 0 atom stereocenters. The van der Waals surface area contributed by atoms with Crippen molar-refractivity contribution in [1.29, 1.82) is 0 Å². The molecule has 0 aliphatic rings. The van der Waals surface area contributed by atoms with Gasteiger partial charge in [0.2, 0.25) is 10.0 Å². The number of aryl methyl sites for hydroxylation is 1. The van der Waals surface area contributed by atoms with Gasteiger partial charge in [0.1, 0.15) is 10.6 Å². The normalized spacial score (nSPS) is 11.7. The van der Waals surface area contributed by atoms with E-state index in [0.717, 1.165) is 10.9 Å². The van der Waals surface area contributed by atoms with Crippen LogP contribution < -0.4 is 15.0 Å². The van der Waals surface area contributed by atoms with Gasteiger partial charge in [-0.1, -0.05) is 23.7 Å². The zero-order chi connectivity index (χ0) is 18.9. The van der Waals surface area contributed by atoms with E-state index in [1.165, 1.54) is 25.3 Å². The molecule has 0 fully saturated rings. The van der Waals surface area contributed by atoms with Crippen molar-refractivity contribution in [2.75, 3.05) is 7.11 Å². The fourth-order valence-electron chi connectivity index (χ4n) is 2.60. The number of pyridine rings is 1. The van der Waals surface area contributed by atoms with Gasteiger partial charge in [-0.2, -0.15) is 0 Å². The Hall–Kier alpha value is -2.35. The van der Waals surface area contributed by atoms with Crippen molar-refractivity contribution in [2.24, 2.45) is 0 Å². The molecule has 3 aromatic rings. The van der Waals surface area contributed by atoms with Crippen molar-refractivity contribution in [3.05, 3.63) is 69.0 Å². The van der Waals surface area contributed by atoms with Crippen LogP contribution in [0.4, 0.5) is 0 Å². The summed E-state index contributed by atoms with van der Waals surface area (Å²) in [5.74, 6) is 0.171. The first-order valence-electron chi connectivity index (χ1n) is 7.76. The maximum atomic E-state index is 12.6. The lowest BCUT2D eigenvalue weighted by Gasteiger charge is -2.11. The molecule has 0 aliphatic carbocycles. The van der Waals surface area contributed by atoms with Crippen LogP contribution in [0.25, 0.3) is 10.9 Å². The highest BCUT2D eigenvalue weighted by Crippen LogP contribution is 2.27. The summed E-state index contributed by atoms with van der Waals surface area (Å²) in [6, 6.07) is 11.6. The number of aromatic amines is 1. The minimum atomic E-state index is -3.91. The lowest BCUT2D eigenvalue weighted by Crippen LogP contribution is -2.27. The Morgan fingerprint density at radius 1 is 1.15 bits per heavy atom. The Morgan fingerprint density at radius 2 is 1.92 bits per heavy atom. The number of sulfonamides is 1. The van der Waals surface area contributed by atoms with Crippen LogP contribution in [0.2, 0.25) is 5.02 Å². The molecule has 6 nitrogen and oxygen atoms in total. The molecule has 1 aromatic heterocycles. The molecular formula is C18H17ClN2O4S. The summed E-state index contributed by atoms with van der Waals surface area (Å²) in [6.45, 7) is 1.77. The number of H-pyrrole nitrogens is 1.